The lowest BCUT2D eigenvalue weighted by atomic mass is 10.3. The van der Waals surface area contributed by atoms with Crippen molar-refractivity contribution in [2.45, 2.75) is 6.92 Å². The zero-order valence-electron chi connectivity index (χ0n) is 13.0. The lowest BCUT2D eigenvalue weighted by Gasteiger charge is -2.05. The molecule has 0 radical (unpaired) electrons. The molecule has 3 heterocycles. The van der Waals surface area contributed by atoms with Gasteiger partial charge in [-0.1, -0.05) is 6.07 Å². The fourth-order valence-electron chi connectivity index (χ4n) is 2.24. The van der Waals surface area contributed by atoms with Crippen LogP contribution >= 0.6 is 0 Å². The molecular weight excluding hydrogens is 294 g/mol. The molecule has 0 fully saturated rings. The second-order valence-electron chi connectivity index (χ2n) is 5.05. The molecule has 7 nitrogen and oxygen atoms in total. The third-order valence-corrected chi connectivity index (χ3v) is 3.36. The van der Waals surface area contributed by atoms with Gasteiger partial charge >= 0.3 is 0 Å². The number of carbonyl (C=O) groups excluding carboxylic acids is 1. The molecule has 1 amide bonds. The van der Waals surface area contributed by atoms with E-state index in [-0.39, 0.29) is 5.91 Å². The number of hydrogen-bond donors (Lipinski definition) is 1. The SMILES string of the molecule is COCCNC(=O)c1cc(C)n2nc(-c3ccccn3)cc2n1. The minimum Gasteiger partial charge on any atom is -0.383 e. The molecule has 3 rings (SSSR count). The van der Waals surface area contributed by atoms with Crippen LogP contribution in [0.5, 0.6) is 0 Å². The highest BCUT2D eigenvalue weighted by Gasteiger charge is 2.13. The molecule has 3 aromatic rings. The quantitative estimate of drug-likeness (QED) is 0.722. The van der Waals surface area contributed by atoms with E-state index in [4.69, 9.17) is 4.74 Å². The Morgan fingerprint density at radius 1 is 1.30 bits per heavy atom. The summed E-state index contributed by atoms with van der Waals surface area (Å²) in [5.74, 6) is -0.228. The smallest absolute Gasteiger partial charge is 0.270 e. The fraction of sp³-hybridized carbons (Fsp3) is 0.250. The van der Waals surface area contributed by atoms with Crippen molar-refractivity contribution in [2.24, 2.45) is 0 Å². The molecule has 0 atom stereocenters. The maximum atomic E-state index is 12.1. The number of amides is 1. The van der Waals surface area contributed by atoms with Crippen LogP contribution in [0.3, 0.4) is 0 Å². The van der Waals surface area contributed by atoms with Gasteiger partial charge in [-0.05, 0) is 25.1 Å². The van der Waals surface area contributed by atoms with E-state index in [1.54, 1.807) is 23.9 Å². The summed E-state index contributed by atoms with van der Waals surface area (Å²) in [6.07, 6.45) is 1.72. The Kier molecular flexibility index (Phi) is 4.29. The molecule has 0 unspecified atom stereocenters. The maximum absolute atomic E-state index is 12.1. The molecule has 0 saturated heterocycles. The molecule has 118 valence electrons. The van der Waals surface area contributed by atoms with E-state index in [9.17, 15) is 4.79 Å². The summed E-state index contributed by atoms with van der Waals surface area (Å²) in [5.41, 5.74) is 3.29. The summed E-state index contributed by atoms with van der Waals surface area (Å²) in [6.45, 7) is 2.79. The van der Waals surface area contributed by atoms with E-state index >= 15 is 0 Å². The maximum Gasteiger partial charge on any atom is 0.270 e. The van der Waals surface area contributed by atoms with Crippen molar-refractivity contribution < 1.29 is 9.53 Å². The highest BCUT2D eigenvalue weighted by Crippen LogP contribution is 2.17. The van der Waals surface area contributed by atoms with Gasteiger partial charge in [0.15, 0.2) is 5.65 Å². The van der Waals surface area contributed by atoms with Crippen LogP contribution in [-0.2, 0) is 4.74 Å². The molecule has 0 aliphatic heterocycles. The van der Waals surface area contributed by atoms with Gasteiger partial charge in [-0.2, -0.15) is 5.10 Å². The number of rotatable bonds is 5. The Morgan fingerprint density at radius 2 is 2.17 bits per heavy atom. The first-order valence-electron chi connectivity index (χ1n) is 7.25. The number of aromatic nitrogens is 4. The van der Waals surface area contributed by atoms with Crippen LogP contribution in [0, 0.1) is 6.92 Å². The Labute approximate surface area is 133 Å². The largest absolute Gasteiger partial charge is 0.383 e. The van der Waals surface area contributed by atoms with Crippen molar-refractivity contribution in [1.29, 1.82) is 0 Å². The minimum absolute atomic E-state index is 0.228. The van der Waals surface area contributed by atoms with Gasteiger partial charge in [0.2, 0.25) is 0 Å². The normalized spacial score (nSPS) is 10.9. The summed E-state index contributed by atoms with van der Waals surface area (Å²) in [6, 6.07) is 9.17. The van der Waals surface area contributed by atoms with E-state index in [1.807, 2.05) is 31.2 Å². The van der Waals surface area contributed by atoms with Crippen LogP contribution < -0.4 is 5.32 Å². The van der Waals surface area contributed by atoms with Gasteiger partial charge in [0.25, 0.3) is 5.91 Å². The van der Waals surface area contributed by atoms with E-state index in [2.05, 4.69) is 20.4 Å². The van der Waals surface area contributed by atoms with Gasteiger partial charge in [0, 0.05) is 31.6 Å². The molecule has 1 N–H and O–H groups in total. The van der Waals surface area contributed by atoms with Crippen molar-refractivity contribution in [3.8, 4) is 11.4 Å². The highest BCUT2D eigenvalue weighted by molar-refractivity contribution is 5.92. The van der Waals surface area contributed by atoms with Gasteiger partial charge in [-0.25, -0.2) is 9.50 Å². The van der Waals surface area contributed by atoms with Crippen LogP contribution in [0.1, 0.15) is 16.2 Å². The standard InChI is InChI=1S/C16H17N5O2/c1-11-9-14(16(22)18-7-8-23-2)19-15-10-13(20-21(11)15)12-5-3-4-6-17-12/h3-6,9-10H,7-8H2,1-2H3,(H,18,22). The van der Waals surface area contributed by atoms with Gasteiger partial charge in [0.05, 0.1) is 12.3 Å². The van der Waals surface area contributed by atoms with Crippen LogP contribution in [0.25, 0.3) is 17.0 Å². The molecule has 0 aromatic carbocycles. The molecule has 0 spiro atoms. The number of pyridine rings is 1. The van der Waals surface area contributed by atoms with Crippen LogP contribution in [0.4, 0.5) is 0 Å². The monoisotopic (exact) mass is 311 g/mol. The van der Waals surface area contributed by atoms with Crippen molar-refractivity contribution in [2.75, 3.05) is 20.3 Å². The second-order valence-corrected chi connectivity index (χ2v) is 5.05. The topological polar surface area (TPSA) is 81.4 Å². The second kappa shape index (κ2) is 6.53. The van der Waals surface area contributed by atoms with Gasteiger partial charge in [-0.3, -0.25) is 9.78 Å². The predicted molar refractivity (Wildman–Crippen MR) is 85.2 cm³/mol. The third kappa shape index (κ3) is 3.19. The molecule has 7 heteroatoms. The Balaban J connectivity index is 1.93. The molecule has 0 aliphatic carbocycles. The highest BCUT2D eigenvalue weighted by atomic mass is 16.5. The van der Waals surface area contributed by atoms with Crippen LogP contribution in [0.2, 0.25) is 0 Å². The number of fused-ring (bicyclic) bond motifs is 1. The third-order valence-electron chi connectivity index (χ3n) is 3.36. The minimum atomic E-state index is -0.228. The zero-order valence-corrected chi connectivity index (χ0v) is 13.0. The van der Waals surface area contributed by atoms with Gasteiger partial charge < -0.3 is 10.1 Å². The number of hydrogen-bond acceptors (Lipinski definition) is 5. The van der Waals surface area contributed by atoms with Crippen molar-refractivity contribution >= 4 is 11.6 Å². The van der Waals surface area contributed by atoms with Crippen LogP contribution in [-0.4, -0.2) is 45.8 Å². The van der Waals surface area contributed by atoms with Crippen LogP contribution in [0.15, 0.2) is 36.5 Å². The van der Waals surface area contributed by atoms with Crippen molar-refractivity contribution in [3.63, 3.8) is 0 Å². The number of nitrogens with zero attached hydrogens (tertiary/aromatic N) is 4. The van der Waals surface area contributed by atoms with E-state index in [0.29, 0.717) is 24.5 Å². The first-order chi connectivity index (χ1) is 11.2. The molecule has 0 saturated carbocycles. The molecular formula is C16H17N5O2. The summed E-state index contributed by atoms with van der Waals surface area (Å²) in [4.78, 5) is 20.8. The molecule has 3 aromatic heterocycles. The summed E-state index contributed by atoms with van der Waals surface area (Å²) in [7, 11) is 1.59. The van der Waals surface area contributed by atoms with Crippen molar-refractivity contribution in [3.05, 3.63) is 47.9 Å². The van der Waals surface area contributed by atoms with Gasteiger partial charge in [0.1, 0.15) is 11.4 Å². The molecule has 0 aliphatic rings. The van der Waals surface area contributed by atoms with Gasteiger partial charge in [-0.15, -0.1) is 0 Å². The number of nitrogens with one attached hydrogen (secondary N) is 1. The summed E-state index contributed by atoms with van der Waals surface area (Å²) >= 11 is 0. The fourth-order valence-corrected chi connectivity index (χ4v) is 2.24. The first-order valence-corrected chi connectivity index (χ1v) is 7.25. The average Bonchev–Trinajstić information content (AvgIpc) is 3.00. The van der Waals surface area contributed by atoms with E-state index in [0.717, 1.165) is 17.1 Å². The lowest BCUT2D eigenvalue weighted by Crippen LogP contribution is -2.28. The Morgan fingerprint density at radius 3 is 2.91 bits per heavy atom. The Bertz CT molecular complexity index is 829. The average molecular weight is 311 g/mol. The predicted octanol–water partition coefficient (Wildman–Crippen LogP) is 1.48. The number of ether oxygens (including phenoxy) is 1. The van der Waals surface area contributed by atoms with E-state index in [1.165, 1.54) is 0 Å². The number of methoxy groups -OCH3 is 1. The molecule has 0 bridgehead atoms. The summed E-state index contributed by atoms with van der Waals surface area (Å²) < 4.78 is 6.62. The lowest BCUT2D eigenvalue weighted by molar-refractivity contribution is 0.0932. The molecule has 23 heavy (non-hydrogen) atoms. The summed E-state index contributed by atoms with van der Waals surface area (Å²) in [5, 5.41) is 7.26. The first kappa shape index (κ1) is 15.1. The zero-order chi connectivity index (χ0) is 16.2. The number of carbonyl (C=O) groups is 1. The number of aryl methyl sites for hydroxylation is 1. The Hall–Kier alpha value is -2.80. The van der Waals surface area contributed by atoms with E-state index < -0.39 is 0 Å². The van der Waals surface area contributed by atoms with Crippen molar-refractivity contribution in [1.82, 2.24) is 24.9 Å².